The fourth-order valence-electron chi connectivity index (χ4n) is 3.84. The van der Waals surface area contributed by atoms with Crippen molar-refractivity contribution in [3.8, 4) is 0 Å². The molecule has 0 unspecified atom stereocenters. The molecule has 0 aliphatic carbocycles. The van der Waals surface area contributed by atoms with Crippen LogP contribution < -0.4 is 15.9 Å². The summed E-state index contributed by atoms with van der Waals surface area (Å²) in [6.45, 7) is 0.576. The van der Waals surface area contributed by atoms with Crippen LogP contribution in [0.25, 0.3) is 0 Å². The fourth-order valence-corrected chi connectivity index (χ4v) is 6.24. The normalized spacial score (nSPS) is 14.3. The number of nitrogens with zero attached hydrogens (tertiary/aromatic N) is 1. The molecule has 0 N–H and O–H groups in total. The van der Waals surface area contributed by atoms with Gasteiger partial charge in [0, 0.05) is 5.90 Å². The zero-order chi connectivity index (χ0) is 23.0. The van der Waals surface area contributed by atoms with Crippen LogP contribution in [0.15, 0.2) is 114 Å². The van der Waals surface area contributed by atoms with E-state index in [2.05, 4.69) is 109 Å². The van der Waals surface area contributed by atoms with Crippen LogP contribution in [0.4, 0.5) is 0 Å². The second-order valence-corrected chi connectivity index (χ2v) is 9.78. The molecule has 5 aromatic rings. The minimum absolute atomic E-state index is 0. The van der Waals surface area contributed by atoms with Gasteiger partial charge in [0.2, 0.25) is 0 Å². The maximum atomic E-state index is 6.06. The van der Waals surface area contributed by atoms with Gasteiger partial charge in [-0.3, -0.25) is 23.5 Å². The molecular weight excluding hydrogens is 489 g/mol. The molecule has 0 radical (unpaired) electrons. The van der Waals surface area contributed by atoms with Crippen molar-refractivity contribution in [3.05, 3.63) is 151 Å². The Kier molecular flexibility index (Phi) is 8.87. The molecule has 0 saturated carbocycles. The Bertz CT molecular complexity index is 1240. The van der Waals surface area contributed by atoms with Crippen molar-refractivity contribution in [1.29, 1.82) is 0 Å². The van der Waals surface area contributed by atoms with Gasteiger partial charge in [0.25, 0.3) is 0 Å². The molecule has 0 spiro atoms. The van der Waals surface area contributed by atoms with Crippen molar-refractivity contribution < 1.29 is 21.8 Å². The summed E-state index contributed by atoms with van der Waals surface area (Å²) in [4.78, 5) is 4.90. The van der Waals surface area contributed by atoms with E-state index in [1.54, 1.807) is 6.07 Å². The largest absolute Gasteiger partial charge is 2.00 e. The van der Waals surface area contributed by atoms with E-state index in [9.17, 15) is 0 Å². The average Bonchev–Trinajstić information content (AvgIpc) is 3.70. The van der Waals surface area contributed by atoms with E-state index < -0.39 is 7.92 Å². The Hall–Kier alpha value is -3.22. The predicted octanol–water partition coefficient (Wildman–Crippen LogP) is 5.09. The quantitative estimate of drug-likeness (QED) is 0.184. The van der Waals surface area contributed by atoms with Crippen molar-refractivity contribution >= 4 is 29.7 Å². The molecule has 0 fully saturated rings. The first-order valence-electron chi connectivity index (χ1n) is 11.1. The van der Waals surface area contributed by atoms with Crippen LogP contribution in [0.5, 0.6) is 0 Å². The Morgan fingerprint density at radius 3 is 1.94 bits per heavy atom. The van der Waals surface area contributed by atoms with Gasteiger partial charge in [0.15, 0.2) is 0 Å². The van der Waals surface area contributed by atoms with Gasteiger partial charge in [0.05, 0.1) is 12.6 Å². The van der Waals surface area contributed by atoms with Crippen LogP contribution in [-0.2, 0) is 21.8 Å². The Morgan fingerprint density at radius 2 is 1.40 bits per heavy atom. The molecule has 1 atom stereocenters. The first kappa shape index (κ1) is 24.9. The van der Waals surface area contributed by atoms with E-state index in [-0.39, 0.29) is 23.1 Å². The van der Waals surface area contributed by atoms with Crippen LogP contribution in [0, 0.1) is 30.3 Å². The number of hydrogen-bond acceptors (Lipinski definition) is 2. The van der Waals surface area contributed by atoms with Gasteiger partial charge in [-0.2, -0.15) is 0 Å². The molecule has 4 heteroatoms. The van der Waals surface area contributed by atoms with Gasteiger partial charge < -0.3 is 40.1 Å². The number of benzene rings is 3. The van der Waals surface area contributed by atoms with E-state index in [0.29, 0.717) is 12.5 Å². The summed E-state index contributed by atoms with van der Waals surface area (Å²) in [5, 5.41) is 3.87. The van der Waals surface area contributed by atoms with E-state index >= 15 is 0 Å². The molecule has 5 aromatic carbocycles. The van der Waals surface area contributed by atoms with Crippen LogP contribution >= 0.6 is 7.92 Å². The minimum Gasteiger partial charge on any atom is -0.999 e. The summed E-state index contributed by atoms with van der Waals surface area (Å²) >= 11 is 0. The monoisotopic (exact) mass is 510 g/mol. The fraction of sp³-hybridized carbons (Fsp3) is 0.0645. The molecular formula is C31H21FeNOP-5. The van der Waals surface area contributed by atoms with Crippen molar-refractivity contribution in [2.24, 2.45) is 4.99 Å². The van der Waals surface area contributed by atoms with Gasteiger partial charge >= 0.3 is 17.1 Å². The molecule has 0 aromatic heterocycles. The maximum Gasteiger partial charge on any atom is 2.00 e. The van der Waals surface area contributed by atoms with Crippen LogP contribution in [0.3, 0.4) is 0 Å². The number of hydrogen-bond donors (Lipinski definition) is 0. The minimum atomic E-state index is -0.706. The molecule has 174 valence electrons. The summed E-state index contributed by atoms with van der Waals surface area (Å²) in [5.41, 5.74) is 2.17. The molecule has 1 aliphatic heterocycles. The van der Waals surface area contributed by atoms with Crippen molar-refractivity contribution in [1.82, 2.24) is 0 Å². The maximum absolute atomic E-state index is 6.06. The zero-order valence-electron chi connectivity index (χ0n) is 18.8. The third-order valence-electron chi connectivity index (χ3n) is 5.40. The van der Waals surface area contributed by atoms with E-state index in [0.717, 1.165) is 5.56 Å². The van der Waals surface area contributed by atoms with E-state index in [1.165, 1.54) is 21.5 Å². The summed E-state index contributed by atoms with van der Waals surface area (Å²) < 4.78 is 6.06. The van der Waals surface area contributed by atoms with Gasteiger partial charge in [-0.25, -0.2) is 5.56 Å². The molecule has 35 heavy (non-hydrogen) atoms. The van der Waals surface area contributed by atoms with Crippen molar-refractivity contribution in [2.45, 2.75) is 6.04 Å². The predicted molar refractivity (Wildman–Crippen MR) is 139 cm³/mol. The first-order chi connectivity index (χ1) is 16.9. The SMILES string of the molecule is [Fe+2].[c-]1[c-][c-][cH-][c-]1.[c-]1cc[c-](P(c2ccccc2)c2ccccc2)c1C1=N[C@H](c2ccccc2)CO1. The van der Waals surface area contributed by atoms with Crippen molar-refractivity contribution in [2.75, 3.05) is 6.61 Å². The Balaban J connectivity index is 0.000000431. The standard InChI is InChI=1S/C26H20NOP.C5H.Fe/c1-4-11-20(12-5-1)24-19-28-26(27-24)23-17-10-18-25(23)29(21-13-6-2-7-14-21)22-15-8-3-9-16-22;1-2-4-5-3-1;/h1-16,18,24H,19H2;1H;/q-2;-5;+2/t24-;;/m0../s1. The topological polar surface area (TPSA) is 21.6 Å². The Labute approximate surface area is 219 Å². The van der Waals surface area contributed by atoms with Gasteiger partial charge in [-0.1, -0.05) is 91.0 Å². The third-order valence-corrected chi connectivity index (χ3v) is 7.88. The molecule has 2 nitrogen and oxygen atoms in total. The molecule has 1 aliphatic rings. The number of ether oxygens (including phenoxy) is 1. The number of rotatable bonds is 5. The smallest absolute Gasteiger partial charge is 0.999 e. The molecule has 0 amide bonds. The van der Waals surface area contributed by atoms with Crippen molar-refractivity contribution in [3.63, 3.8) is 0 Å². The van der Waals surface area contributed by atoms with Crippen LogP contribution in [-0.4, -0.2) is 12.5 Å². The molecule has 1 heterocycles. The molecule has 0 bridgehead atoms. The van der Waals surface area contributed by atoms with E-state index in [1.807, 2.05) is 24.3 Å². The first-order valence-corrected chi connectivity index (χ1v) is 12.4. The second-order valence-electron chi connectivity index (χ2n) is 7.60. The summed E-state index contributed by atoms with van der Waals surface area (Å²) in [7, 11) is -0.706. The third kappa shape index (κ3) is 6.08. The molecule has 6 rings (SSSR count). The second kappa shape index (κ2) is 12.5. The van der Waals surface area contributed by atoms with Gasteiger partial charge in [-0.05, 0) is 16.2 Å². The Morgan fingerprint density at radius 1 is 0.829 bits per heavy atom. The van der Waals surface area contributed by atoms with Crippen LogP contribution in [0.2, 0.25) is 0 Å². The summed E-state index contributed by atoms with van der Waals surface area (Å²) in [6, 6.07) is 51.3. The van der Waals surface area contributed by atoms with Crippen LogP contribution in [0.1, 0.15) is 17.2 Å². The zero-order valence-corrected chi connectivity index (χ0v) is 20.8. The van der Waals surface area contributed by atoms with Gasteiger partial charge in [-0.15, -0.1) is 7.92 Å². The summed E-state index contributed by atoms with van der Waals surface area (Å²) in [5.74, 6) is 0.707. The van der Waals surface area contributed by atoms with E-state index in [4.69, 9.17) is 9.73 Å². The summed E-state index contributed by atoms with van der Waals surface area (Å²) in [6.07, 6.45) is 0. The molecule has 0 saturated heterocycles. The number of aliphatic imine (C=N–C) groups is 1. The average molecular weight is 510 g/mol. The van der Waals surface area contributed by atoms with Gasteiger partial charge in [0.1, 0.15) is 0 Å².